The van der Waals surface area contributed by atoms with Gasteiger partial charge >= 0.3 is 12.4 Å². The zero-order chi connectivity index (χ0) is 35.1. The van der Waals surface area contributed by atoms with Crippen molar-refractivity contribution in [1.29, 1.82) is 0 Å². The summed E-state index contributed by atoms with van der Waals surface area (Å²) in [7, 11) is 2.95. The number of rotatable bonds is 10. The standard InChI is InChI=1S/C34H34F6INO6/c1-4-5-17(8-18-9-25(41)30(43)27(10-18)47-3)6-7-26-28-19(15-46-2)11-23-29(24(28)16-48-26)32(45)42(31(23)44)22-13-20(33(35,36)37)12-21(14-22)34(38,39)40/h8-10,12-14,23-24,26,29,43H,4-7,11,15-16H2,1-3H3/b17-8+/t23-,24+,26-,29-/m1/s1. The zero-order valence-corrected chi connectivity index (χ0v) is 28.5. The number of aromatic hydroxyl groups is 1. The highest BCUT2D eigenvalue weighted by Crippen LogP contribution is 2.51. The number of halogens is 7. The Kier molecular flexibility index (Phi) is 10.6. The Morgan fingerprint density at radius 2 is 1.67 bits per heavy atom. The summed E-state index contributed by atoms with van der Waals surface area (Å²) in [4.78, 5) is 28.0. The van der Waals surface area contributed by atoms with E-state index in [1.54, 1.807) is 6.07 Å². The van der Waals surface area contributed by atoms with Crippen LogP contribution in [0.2, 0.25) is 0 Å². The number of ether oxygens (including phenoxy) is 3. The molecule has 2 fully saturated rings. The molecule has 0 unspecified atom stereocenters. The lowest BCUT2D eigenvalue weighted by Crippen LogP contribution is -2.35. The largest absolute Gasteiger partial charge is 0.504 e. The van der Waals surface area contributed by atoms with Gasteiger partial charge in [0.15, 0.2) is 11.5 Å². The van der Waals surface area contributed by atoms with Gasteiger partial charge in [-0.25, -0.2) is 4.90 Å². The predicted molar refractivity (Wildman–Crippen MR) is 172 cm³/mol. The number of alkyl halides is 6. The second kappa shape index (κ2) is 14.0. The lowest BCUT2D eigenvalue weighted by Gasteiger charge is -2.31. The van der Waals surface area contributed by atoms with Gasteiger partial charge in [0.25, 0.3) is 0 Å². The highest BCUT2D eigenvalue weighted by molar-refractivity contribution is 14.1. The molecule has 0 bridgehead atoms. The summed E-state index contributed by atoms with van der Waals surface area (Å²) >= 11 is 2.03. The number of phenols is 1. The van der Waals surface area contributed by atoms with Crippen molar-refractivity contribution in [2.45, 2.75) is 57.5 Å². The van der Waals surface area contributed by atoms with Crippen LogP contribution < -0.4 is 9.64 Å². The first kappa shape index (κ1) is 36.2. The fourth-order valence-electron chi connectivity index (χ4n) is 7.08. The van der Waals surface area contributed by atoms with Gasteiger partial charge in [-0.05, 0) is 95.3 Å². The molecule has 7 nitrogen and oxygen atoms in total. The number of carbonyl (C=O) groups excluding carboxylic acids is 2. The Hall–Kier alpha value is -3.11. The molecule has 3 aliphatic rings. The molecular weight excluding hydrogens is 759 g/mol. The molecule has 2 amide bonds. The van der Waals surface area contributed by atoms with Crippen LogP contribution in [0.5, 0.6) is 11.5 Å². The van der Waals surface area contributed by atoms with Gasteiger partial charge in [0, 0.05) is 13.0 Å². The molecule has 4 atom stereocenters. The van der Waals surface area contributed by atoms with E-state index in [2.05, 4.69) is 0 Å². The van der Waals surface area contributed by atoms with Crippen LogP contribution in [0.3, 0.4) is 0 Å². The number of imide groups is 1. The maximum Gasteiger partial charge on any atom is 0.416 e. The van der Waals surface area contributed by atoms with Crippen LogP contribution in [0.15, 0.2) is 47.1 Å². The monoisotopic (exact) mass is 793 g/mol. The lowest BCUT2D eigenvalue weighted by atomic mass is 9.69. The minimum Gasteiger partial charge on any atom is -0.504 e. The summed E-state index contributed by atoms with van der Waals surface area (Å²) in [6.07, 6.45) is -5.82. The second-order valence-electron chi connectivity index (χ2n) is 12.2. The van der Waals surface area contributed by atoms with E-state index in [1.165, 1.54) is 14.2 Å². The topological polar surface area (TPSA) is 85.3 Å². The van der Waals surface area contributed by atoms with Crippen LogP contribution >= 0.6 is 22.6 Å². The second-order valence-corrected chi connectivity index (χ2v) is 13.3. The number of benzene rings is 2. The molecule has 5 rings (SSSR count). The van der Waals surface area contributed by atoms with Crippen LogP contribution in [-0.2, 0) is 31.4 Å². The third-order valence-corrected chi connectivity index (χ3v) is 9.92. The lowest BCUT2D eigenvalue weighted by molar-refractivity contribution is -0.143. The molecule has 0 saturated carbocycles. The van der Waals surface area contributed by atoms with E-state index in [0.717, 1.165) is 35.1 Å². The summed E-state index contributed by atoms with van der Waals surface area (Å²) in [6.45, 7) is 2.24. The van der Waals surface area contributed by atoms with E-state index in [4.69, 9.17) is 14.2 Å². The van der Waals surface area contributed by atoms with Crippen molar-refractivity contribution in [1.82, 2.24) is 0 Å². The summed E-state index contributed by atoms with van der Waals surface area (Å²) in [5.74, 6) is -3.86. The summed E-state index contributed by atoms with van der Waals surface area (Å²) in [6, 6.07) is 4.37. The molecule has 2 aliphatic heterocycles. The molecule has 48 heavy (non-hydrogen) atoms. The van der Waals surface area contributed by atoms with Gasteiger partial charge in [-0.1, -0.05) is 25.0 Å². The number of anilines is 1. The average molecular weight is 794 g/mol. The van der Waals surface area contributed by atoms with Gasteiger partial charge in [0.1, 0.15) is 0 Å². The summed E-state index contributed by atoms with van der Waals surface area (Å²) < 4.78 is 99.3. The highest BCUT2D eigenvalue weighted by atomic mass is 127. The van der Waals surface area contributed by atoms with E-state index >= 15 is 0 Å². The quantitative estimate of drug-likeness (QED) is 0.113. The molecule has 260 valence electrons. The van der Waals surface area contributed by atoms with Crippen molar-refractivity contribution < 1.29 is 55.2 Å². The summed E-state index contributed by atoms with van der Waals surface area (Å²) in [5, 5.41) is 10.2. The van der Waals surface area contributed by atoms with Crippen molar-refractivity contribution in [2.24, 2.45) is 17.8 Å². The Bertz CT molecular complexity index is 1620. The number of fused-ring (bicyclic) bond motifs is 3. The Morgan fingerprint density at radius 1 is 1.00 bits per heavy atom. The van der Waals surface area contributed by atoms with Gasteiger partial charge in [-0.3, -0.25) is 9.59 Å². The first-order chi connectivity index (χ1) is 22.6. The van der Waals surface area contributed by atoms with Crippen LogP contribution in [0.25, 0.3) is 6.08 Å². The Balaban J connectivity index is 1.44. The van der Waals surface area contributed by atoms with Crippen molar-refractivity contribution in [3.05, 3.63) is 67.3 Å². The Labute approximate surface area is 287 Å². The maximum atomic E-state index is 13.8. The molecule has 2 heterocycles. The Morgan fingerprint density at radius 3 is 2.25 bits per heavy atom. The van der Waals surface area contributed by atoms with Crippen molar-refractivity contribution >= 4 is 46.2 Å². The maximum absolute atomic E-state index is 13.8. The third-order valence-electron chi connectivity index (χ3n) is 9.10. The number of allylic oxidation sites excluding steroid dienone is 1. The third kappa shape index (κ3) is 7.11. The fraction of sp³-hybridized carbons (Fsp3) is 0.471. The number of amides is 2. The minimum absolute atomic E-state index is 0.0342. The smallest absolute Gasteiger partial charge is 0.416 e. The van der Waals surface area contributed by atoms with E-state index in [9.17, 15) is 41.0 Å². The van der Waals surface area contributed by atoms with E-state index < -0.39 is 64.8 Å². The van der Waals surface area contributed by atoms with Crippen LogP contribution in [0.1, 0.15) is 55.7 Å². The number of hydrogen-bond donors (Lipinski definition) is 1. The molecule has 2 aromatic carbocycles. The molecular formula is C34H34F6INO6. The molecule has 2 aromatic rings. The van der Waals surface area contributed by atoms with Crippen LogP contribution in [-0.4, -0.2) is 50.5 Å². The molecule has 1 aliphatic carbocycles. The first-order valence-electron chi connectivity index (χ1n) is 15.3. The normalized spacial score (nSPS) is 23.2. The number of methoxy groups -OCH3 is 2. The van der Waals surface area contributed by atoms with Gasteiger partial charge in [0.2, 0.25) is 11.8 Å². The molecule has 0 spiro atoms. The van der Waals surface area contributed by atoms with Crippen molar-refractivity contribution in [3.63, 3.8) is 0 Å². The minimum atomic E-state index is -5.14. The number of phenolic OH excluding ortho intramolecular Hbond substituents is 1. The first-order valence-corrected chi connectivity index (χ1v) is 16.4. The van der Waals surface area contributed by atoms with E-state index in [0.29, 0.717) is 39.2 Å². The number of nitrogens with zero attached hydrogens (tertiary/aromatic N) is 1. The highest BCUT2D eigenvalue weighted by Gasteiger charge is 2.57. The summed E-state index contributed by atoms with van der Waals surface area (Å²) in [5.41, 5.74) is -0.475. The van der Waals surface area contributed by atoms with Gasteiger partial charge in [-0.15, -0.1) is 0 Å². The van der Waals surface area contributed by atoms with Crippen LogP contribution in [0.4, 0.5) is 32.0 Å². The number of carbonyl (C=O) groups is 2. The molecule has 0 aromatic heterocycles. The van der Waals surface area contributed by atoms with Crippen LogP contribution in [0, 0.1) is 21.3 Å². The van der Waals surface area contributed by atoms with Crippen molar-refractivity contribution in [3.8, 4) is 11.5 Å². The SMILES string of the molecule is CCC/C(=C\c1cc(I)c(O)c(OC)c1)CC[C@H]1OC[C@H]2C1=C(COC)C[C@H]1C(=O)N(c3cc(C(F)(F)F)cc(C(F)(F)F)c3)C(=O)[C@H]12. The van der Waals surface area contributed by atoms with Crippen molar-refractivity contribution in [2.75, 3.05) is 32.3 Å². The van der Waals surface area contributed by atoms with Gasteiger partial charge < -0.3 is 19.3 Å². The fourth-order valence-corrected chi connectivity index (χ4v) is 7.70. The molecule has 1 N–H and O–H groups in total. The predicted octanol–water partition coefficient (Wildman–Crippen LogP) is 8.17. The molecule has 14 heteroatoms. The van der Waals surface area contributed by atoms with E-state index in [-0.39, 0.29) is 31.5 Å². The van der Waals surface area contributed by atoms with Gasteiger partial charge in [0.05, 0.1) is 58.6 Å². The van der Waals surface area contributed by atoms with E-state index in [1.807, 2.05) is 41.7 Å². The zero-order valence-electron chi connectivity index (χ0n) is 26.3. The number of hydrogen-bond acceptors (Lipinski definition) is 6. The van der Waals surface area contributed by atoms with Gasteiger partial charge in [-0.2, -0.15) is 26.3 Å². The molecule has 0 radical (unpaired) electrons. The molecule has 2 saturated heterocycles. The average Bonchev–Trinajstić information content (AvgIpc) is 3.54.